The van der Waals surface area contributed by atoms with Gasteiger partial charge in [0, 0.05) is 18.3 Å². The molecular weight excluding hydrogens is 447 g/mol. The molecule has 1 aliphatic carbocycles. The second kappa shape index (κ2) is 11.9. The number of nitrogens with one attached hydrogen (secondary N) is 3. The third-order valence-corrected chi connectivity index (χ3v) is 4.19. The van der Waals surface area contributed by atoms with Crippen molar-refractivity contribution >= 4 is 41.7 Å². The maximum absolute atomic E-state index is 11.2. The molecule has 8 heteroatoms. The number of nitrogens with zero attached hydrogens (tertiary/aromatic N) is 1. The Morgan fingerprint density at radius 2 is 1.88 bits per heavy atom. The summed E-state index contributed by atoms with van der Waals surface area (Å²) in [7, 11) is 1.33. The monoisotopic (exact) mass is 476 g/mol. The zero-order valence-corrected chi connectivity index (χ0v) is 17.7. The van der Waals surface area contributed by atoms with Gasteiger partial charge in [0.2, 0.25) is 0 Å². The normalized spacial score (nSPS) is 19.9. The van der Waals surface area contributed by atoms with E-state index in [0.717, 1.165) is 43.8 Å². The van der Waals surface area contributed by atoms with E-state index in [4.69, 9.17) is 0 Å². The number of aliphatic imine (C=N–C) groups is 1. The molecule has 1 saturated carbocycles. The minimum atomic E-state index is -0.484. The lowest BCUT2D eigenvalue weighted by atomic mass is 9.93. The number of halogens is 1. The van der Waals surface area contributed by atoms with Crippen molar-refractivity contribution < 1.29 is 14.6 Å². The van der Waals surface area contributed by atoms with Crippen molar-refractivity contribution in [3.63, 3.8) is 0 Å². The molecule has 146 valence electrons. The number of benzene rings is 1. The Kier molecular flexibility index (Phi) is 10.3. The lowest BCUT2D eigenvalue weighted by Crippen LogP contribution is -2.45. The number of hydrogen-bond acceptors (Lipinski definition) is 4. The summed E-state index contributed by atoms with van der Waals surface area (Å²) in [6.07, 6.45) is 2.95. The highest BCUT2D eigenvalue weighted by atomic mass is 127. The summed E-state index contributed by atoms with van der Waals surface area (Å²) in [5.41, 5.74) is 1.73. The summed E-state index contributed by atoms with van der Waals surface area (Å²) in [5.74, 6) is 0.792. The van der Waals surface area contributed by atoms with E-state index >= 15 is 0 Å². The molecule has 0 atom stereocenters. The van der Waals surface area contributed by atoms with Crippen molar-refractivity contribution in [2.45, 2.75) is 51.3 Å². The lowest BCUT2D eigenvalue weighted by Gasteiger charge is -2.27. The summed E-state index contributed by atoms with van der Waals surface area (Å²) < 4.78 is 4.56. The van der Waals surface area contributed by atoms with Gasteiger partial charge in [-0.25, -0.2) is 9.79 Å². The zero-order chi connectivity index (χ0) is 18.1. The van der Waals surface area contributed by atoms with Crippen LogP contribution in [0.1, 0.15) is 38.2 Å². The van der Waals surface area contributed by atoms with Crippen molar-refractivity contribution in [2.75, 3.05) is 19.0 Å². The molecular formula is C18H29IN4O3. The standard InChI is InChI=1S/C18H28N4O3.HI/c1-3-19-17(21-14-8-10-16(23)11-9-14)20-12-13-4-6-15(7-5-13)22-18(24)25-2;/h4-7,14,16,23H,3,8-12H2,1-2H3,(H,22,24)(H2,19,20,21);1H. The van der Waals surface area contributed by atoms with Gasteiger partial charge in [0.25, 0.3) is 0 Å². The predicted molar refractivity (Wildman–Crippen MR) is 114 cm³/mol. The van der Waals surface area contributed by atoms with Crippen LogP contribution in [0.3, 0.4) is 0 Å². The van der Waals surface area contributed by atoms with Crippen LogP contribution < -0.4 is 16.0 Å². The number of carbonyl (C=O) groups excluding carboxylic acids is 1. The molecule has 0 unspecified atom stereocenters. The zero-order valence-electron chi connectivity index (χ0n) is 15.3. The number of aliphatic hydroxyl groups excluding tert-OH is 1. The molecule has 7 nitrogen and oxygen atoms in total. The van der Waals surface area contributed by atoms with Crippen molar-refractivity contribution in [3.05, 3.63) is 29.8 Å². The Labute approximate surface area is 172 Å². The largest absolute Gasteiger partial charge is 0.453 e. The number of aliphatic hydroxyl groups is 1. The molecule has 0 heterocycles. The summed E-state index contributed by atoms with van der Waals surface area (Å²) in [4.78, 5) is 15.8. The Morgan fingerprint density at radius 1 is 1.23 bits per heavy atom. The molecule has 26 heavy (non-hydrogen) atoms. The Hall–Kier alpha value is -1.55. The minimum absolute atomic E-state index is 0. The summed E-state index contributed by atoms with van der Waals surface area (Å²) in [6.45, 7) is 3.38. The smallest absolute Gasteiger partial charge is 0.411 e. The molecule has 1 fully saturated rings. The van der Waals surface area contributed by atoms with Crippen LogP contribution >= 0.6 is 24.0 Å². The molecule has 1 aliphatic rings. The van der Waals surface area contributed by atoms with Crippen LogP contribution in [0.2, 0.25) is 0 Å². The molecule has 0 aliphatic heterocycles. The highest BCUT2D eigenvalue weighted by Crippen LogP contribution is 2.18. The number of guanidine groups is 1. The summed E-state index contributed by atoms with van der Waals surface area (Å²) in [5, 5.41) is 18.9. The van der Waals surface area contributed by atoms with E-state index in [9.17, 15) is 9.90 Å². The maximum atomic E-state index is 11.2. The second-order valence-corrected chi connectivity index (χ2v) is 6.16. The van der Waals surface area contributed by atoms with E-state index in [-0.39, 0.29) is 30.1 Å². The molecule has 2 rings (SSSR count). The first kappa shape index (κ1) is 22.5. The van der Waals surface area contributed by atoms with E-state index in [0.29, 0.717) is 18.3 Å². The van der Waals surface area contributed by atoms with Crippen molar-refractivity contribution in [1.82, 2.24) is 10.6 Å². The van der Waals surface area contributed by atoms with Crippen molar-refractivity contribution in [3.8, 4) is 0 Å². The number of anilines is 1. The molecule has 1 aromatic rings. The summed E-state index contributed by atoms with van der Waals surface area (Å²) in [6, 6.07) is 7.85. The predicted octanol–water partition coefficient (Wildman–Crippen LogP) is 2.84. The van der Waals surface area contributed by atoms with E-state index in [2.05, 4.69) is 25.7 Å². The van der Waals surface area contributed by atoms with E-state index in [1.807, 2.05) is 31.2 Å². The number of rotatable bonds is 5. The lowest BCUT2D eigenvalue weighted by molar-refractivity contribution is 0.120. The van der Waals surface area contributed by atoms with Crippen LogP contribution in [0.4, 0.5) is 10.5 Å². The first-order valence-corrected chi connectivity index (χ1v) is 8.77. The van der Waals surface area contributed by atoms with Crippen LogP contribution in [-0.4, -0.2) is 43.0 Å². The van der Waals surface area contributed by atoms with Crippen LogP contribution in [0.5, 0.6) is 0 Å². The number of hydrogen-bond donors (Lipinski definition) is 4. The third kappa shape index (κ3) is 7.77. The van der Waals surface area contributed by atoms with Gasteiger partial charge in [0.15, 0.2) is 5.96 Å². The van der Waals surface area contributed by atoms with Crippen LogP contribution in [0, 0.1) is 0 Å². The topological polar surface area (TPSA) is 95.0 Å². The molecule has 1 aromatic carbocycles. The van der Waals surface area contributed by atoms with Gasteiger partial charge in [0.1, 0.15) is 0 Å². The van der Waals surface area contributed by atoms with Gasteiger partial charge < -0.3 is 20.5 Å². The SMILES string of the molecule is CCNC(=NCc1ccc(NC(=O)OC)cc1)NC1CCC(O)CC1.I. The van der Waals surface area contributed by atoms with Gasteiger partial charge in [-0.3, -0.25) is 5.32 Å². The van der Waals surface area contributed by atoms with Crippen LogP contribution in [0.25, 0.3) is 0 Å². The first-order chi connectivity index (χ1) is 12.1. The van der Waals surface area contributed by atoms with Crippen LogP contribution in [-0.2, 0) is 11.3 Å². The molecule has 0 radical (unpaired) electrons. The number of carbonyl (C=O) groups is 1. The number of amides is 1. The highest BCUT2D eigenvalue weighted by molar-refractivity contribution is 14.0. The maximum Gasteiger partial charge on any atom is 0.411 e. The molecule has 0 aromatic heterocycles. The van der Waals surface area contributed by atoms with Crippen molar-refractivity contribution in [1.29, 1.82) is 0 Å². The highest BCUT2D eigenvalue weighted by Gasteiger charge is 2.19. The summed E-state index contributed by atoms with van der Waals surface area (Å²) >= 11 is 0. The third-order valence-electron chi connectivity index (χ3n) is 4.19. The Morgan fingerprint density at radius 3 is 2.46 bits per heavy atom. The van der Waals surface area contributed by atoms with Crippen LogP contribution in [0.15, 0.2) is 29.3 Å². The fourth-order valence-electron chi connectivity index (χ4n) is 2.77. The van der Waals surface area contributed by atoms with Crippen molar-refractivity contribution in [2.24, 2.45) is 4.99 Å². The first-order valence-electron chi connectivity index (χ1n) is 8.77. The van der Waals surface area contributed by atoms with Gasteiger partial charge in [-0.2, -0.15) is 0 Å². The van der Waals surface area contributed by atoms with Gasteiger partial charge in [0.05, 0.1) is 19.8 Å². The molecule has 0 spiro atoms. The Bertz CT molecular complexity index is 572. The average molecular weight is 476 g/mol. The molecule has 1 amide bonds. The van der Waals surface area contributed by atoms with Gasteiger partial charge in [-0.15, -0.1) is 24.0 Å². The molecule has 0 saturated heterocycles. The number of ether oxygens (including phenoxy) is 1. The fraction of sp³-hybridized carbons (Fsp3) is 0.556. The van der Waals surface area contributed by atoms with Gasteiger partial charge in [-0.1, -0.05) is 12.1 Å². The average Bonchev–Trinajstić information content (AvgIpc) is 2.63. The Balaban J connectivity index is 0.00000338. The van der Waals surface area contributed by atoms with Gasteiger partial charge >= 0.3 is 6.09 Å². The fourth-order valence-corrected chi connectivity index (χ4v) is 2.77. The second-order valence-electron chi connectivity index (χ2n) is 6.16. The van der Waals surface area contributed by atoms with E-state index < -0.39 is 6.09 Å². The van der Waals surface area contributed by atoms with E-state index in [1.165, 1.54) is 7.11 Å². The van der Waals surface area contributed by atoms with Gasteiger partial charge in [-0.05, 0) is 50.3 Å². The van der Waals surface area contributed by atoms with E-state index in [1.54, 1.807) is 0 Å². The minimum Gasteiger partial charge on any atom is -0.453 e. The number of methoxy groups -OCH3 is 1. The molecule has 4 N–H and O–H groups in total. The quantitative estimate of drug-likeness (QED) is 0.298. The molecule has 0 bridgehead atoms.